The number of nitrogens with two attached hydrogens (primary N) is 1. The van der Waals surface area contributed by atoms with E-state index in [0.717, 1.165) is 21.0 Å². The van der Waals surface area contributed by atoms with Crippen LogP contribution in [-0.2, 0) is 0 Å². The molecule has 0 aliphatic heterocycles. The zero-order valence-electron chi connectivity index (χ0n) is 10.9. The van der Waals surface area contributed by atoms with Crippen LogP contribution in [0.15, 0.2) is 51.4 Å². The van der Waals surface area contributed by atoms with Gasteiger partial charge in [-0.05, 0) is 30.2 Å². The minimum Gasteiger partial charge on any atom is -0.457 e. The molecule has 0 aliphatic rings. The molecular formula is C16H13BrClNO. The summed E-state index contributed by atoms with van der Waals surface area (Å²) in [6, 6.07) is 13.3. The van der Waals surface area contributed by atoms with E-state index in [-0.39, 0.29) is 6.04 Å². The first-order valence-corrected chi connectivity index (χ1v) is 7.43. The first-order chi connectivity index (χ1) is 9.58. The Bertz CT molecular complexity index is 781. The second-order valence-electron chi connectivity index (χ2n) is 4.76. The molecule has 1 aromatic heterocycles. The molecule has 0 spiro atoms. The quantitative estimate of drug-likeness (QED) is 0.689. The van der Waals surface area contributed by atoms with Crippen molar-refractivity contribution < 1.29 is 4.42 Å². The monoisotopic (exact) mass is 349 g/mol. The zero-order valence-corrected chi connectivity index (χ0v) is 13.2. The van der Waals surface area contributed by atoms with Crippen LogP contribution in [-0.4, -0.2) is 0 Å². The Morgan fingerprint density at radius 2 is 1.95 bits per heavy atom. The van der Waals surface area contributed by atoms with Gasteiger partial charge >= 0.3 is 0 Å². The van der Waals surface area contributed by atoms with Gasteiger partial charge in [-0.1, -0.05) is 57.9 Å². The molecule has 0 bridgehead atoms. The third-order valence-electron chi connectivity index (χ3n) is 3.38. The van der Waals surface area contributed by atoms with E-state index >= 15 is 0 Å². The average molecular weight is 351 g/mol. The van der Waals surface area contributed by atoms with Crippen molar-refractivity contribution in [3.8, 4) is 0 Å². The van der Waals surface area contributed by atoms with Gasteiger partial charge in [0, 0.05) is 9.86 Å². The van der Waals surface area contributed by atoms with Crippen LogP contribution in [0, 0.1) is 6.92 Å². The van der Waals surface area contributed by atoms with Crippen LogP contribution >= 0.6 is 27.5 Å². The first-order valence-electron chi connectivity index (χ1n) is 6.26. The van der Waals surface area contributed by atoms with Gasteiger partial charge in [0.15, 0.2) is 5.58 Å². The van der Waals surface area contributed by atoms with Gasteiger partial charge < -0.3 is 10.2 Å². The number of halogens is 2. The van der Waals surface area contributed by atoms with Gasteiger partial charge in [0.25, 0.3) is 0 Å². The van der Waals surface area contributed by atoms with E-state index in [1.807, 2.05) is 49.4 Å². The van der Waals surface area contributed by atoms with Crippen molar-refractivity contribution in [2.75, 3.05) is 0 Å². The number of aryl methyl sites for hydroxylation is 1. The van der Waals surface area contributed by atoms with Gasteiger partial charge in [0.1, 0.15) is 5.76 Å². The van der Waals surface area contributed by atoms with E-state index in [1.54, 1.807) is 0 Å². The predicted molar refractivity (Wildman–Crippen MR) is 86.1 cm³/mol. The van der Waals surface area contributed by atoms with Crippen LogP contribution in [0.4, 0.5) is 0 Å². The predicted octanol–water partition coefficient (Wildman–Crippen LogP) is 5.21. The molecule has 3 rings (SSSR count). The fraction of sp³-hybridized carbons (Fsp3) is 0.125. The molecule has 4 heteroatoms. The number of hydrogen-bond acceptors (Lipinski definition) is 2. The van der Waals surface area contributed by atoms with Crippen molar-refractivity contribution in [1.82, 2.24) is 0 Å². The highest BCUT2D eigenvalue weighted by molar-refractivity contribution is 9.10. The number of rotatable bonds is 2. The number of fused-ring (bicyclic) bond motifs is 1. The Morgan fingerprint density at radius 1 is 1.20 bits per heavy atom. The highest BCUT2D eigenvalue weighted by Gasteiger charge is 2.18. The first kappa shape index (κ1) is 13.7. The molecule has 1 unspecified atom stereocenters. The van der Waals surface area contributed by atoms with Crippen molar-refractivity contribution >= 4 is 38.5 Å². The van der Waals surface area contributed by atoms with Crippen molar-refractivity contribution in [3.63, 3.8) is 0 Å². The molecule has 0 aliphatic carbocycles. The molecule has 1 heterocycles. The van der Waals surface area contributed by atoms with E-state index in [2.05, 4.69) is 15.9 Å². The molecule has 3 aromatic rings. The van der Waals surface area contributed by atoms with E-state index < -0.39 is 0 Å². The average Bonchev–Trinajstić information content (AvgIpc) is 2.87. The van der Waals surface area contributed by atoms with Gasteiger partial charge in [0.05, 0.1) is 11.1 Å². The Kier molecular flexibility index (Phi) is 3.59. The lowest BCUT2D eigenvalue weighted by Gasteiger charge is -2.12. The molecule has 2 aromatic carbocycles. The lowest BCUT2D eigenvalue weighted by Crippen LogP contribution is -2.11. The van der Waals surface area contributed by atoms with Gasteiger partial charge in [-0.15, -0.1) is 0 Å². The molecule has 2 nitrogen and oxygen atoms in total. The van der Waals surface area contributed by atoms with E-state index in [1.165, 1.54) is 0 Å². The molecule has 0 amide bonds. The standard InChI is InChI=1S/C16H13BrClNO/c1-9-4-2-6-11(14(9)17)15(19)13-8-10-5-3-7-12(18)16(10)20-13/h2-8,15H,19H2,1H3. The minimum absolute atomic E-state index is 0.326. The van der Waals surface area contributed by atoms with E-state index in [4.69, 9.17) is 21.8 Å². The van der Waals surface area contributed by atoms with Gasteiger partial charge in [0.2, 0.25) is 0 Å². The Labute approximate surface area is 130 Å². The highest BCUT2D eigenvalue weighted by atomic mass is 79.9. The summed E-state index contributed by atoms with van der Waals surface area (Å²) in [6.07, 6.45) is 0. The second kappa shape index (κ2) is 5.24. The smallest absolute Gasteiger partial charge is 0.152 e. The Balaban J connectivity index is 2.10. The zero-order chi connectivity index (χ0) is 14.3. The summed E-state index contributed by atoms with van der Waals surface area (Å²) in [5, 5.41) is 1.57. The van der Waals surface area contributed by atoms with Crippen LogP contribution in [0.25, 0.3) is 11.0 Å². The second-order valence-corrected chi connectivity index (χ2v) is 5.96. The highest BCUT2D eigenvalue weighted by Crippen LogP contribution is 2.34. The molecule has 0 saturated heterocycles. The SMILES string of the molecule is Cc1cccc(C(N)c2cc3cccc(Cl)c3o2)c1Br. The molecule has 20 heavy (non-hydrogen) atoms. The van der Waals surface area contributed by atoms with E-state index in [0.29, 0.717) is 16.4 Å². The molecule has 1 atom stereocenters. The summed E-state index contributed by atoms with van der Waals surface area (Å²) in [5.41, 5.74) is 9.16. The maximum Gasteiger partial charge on any atom is 0.152 e. The number of furan rings is 1. The number of para-hydroxylation sites is 1. The van der Waals surface area contributed by atoms with Crippen molar-refractivity contribution in [3.05, 3.63) is 68.8 Å². The maximum absolute atomic E-state index is 6.33. The van der Waals surface area contributed by atoms with Crippen LogP contribution < -0.4 is 5.73 Å². The fourth-order valence-electron chi connectivity index (χ4n) is 2.26. The molecule has 0 saturated carbocycles. The Morgan fingerprint density at radius 3 is 2.70 bits per heavy atom. The topological polar surface area (TPSA) is 39.2 Å². The van der Waals surface area contributed by atoms with Crippen LogP contribution in [0.1, 0.15) is 22.9 Å². The summed E-state index contributed by atoms with van der Waals surface area (Å²) >= 11 is 9.72. The third-order valence-corrected chi connectivity index (χ3v) is 4.76. The minimum atomic E-state index is -0.326. The third kappa shape index (κ3) is 2.26. The number of hydrogen-bond donors (Lipinski definition) is 1. The van der Waals surface area contributed by atoms with Crippen LogP contribution in [0.3, 0.4) is 0 Å². The molecule has 0 fully saturated rings. The molecule has 0 radical (unpaired) electrons. The largest absolute Gasteiger partial charge is 0.457 e. The van der Waals surface area contributed by atoms with Gasteiger partial charge in [-0.2, -0.15) is 0 Å². The summed E-state index contributed by atoms with van der Waals surface area (Å²) in [7, 11) is 0. The normalized spacial score (nSPS) is 12.8. The van der Waals surface area contributed by atoms with Crippen LogP contribution in [0.5, 0.6) is 0 Å². The van der Waals surface area contributed by atoms with Crippen LogP contribution in [0.2, 0.25) is 5.02 Å². The molecular weight excluding hydrogens is 338 g/mol. The van der Waals surface area contributed by atoms with Crippen molar-refractivity contribution in [1.29, 1.82) is 0 Å². The lowest BCUT2D eigenvalue weighted by molar-refractivity contribution is 0.524. The summed E-state index contributed by atoms with van der Waals surface area (Å²) in [6.45, 7) is 2.04. The van der Waals surface area contributed by atoms with Gasteiger partial charge in [-0.3, -0.25) is 0 Å². The lowest BCUT2D eigenvalue weighted by atomic mass is 10.0. The summed E-state index contributed by atoms with van der Waals surface area (Å²) in [5.74, 6) is 0.708. The molecule has 102 valence electrons. The Hall–Kier alpha value is -1.29. The fourth-order valence-corrected chi connectivity index (χ4v) is 3.00. The summed E-state index contributed by atoms with van der Waals surface area (Å²) in [4.78, 5) is 0. The van der Waals surface area contributed by atoms with Crippen molar-refractivity contribution in [2.45, 2.75) is 13.0 Å². The summed E-state index contributed by atoms with van der Waals surface area (Å²) < 4.78 is 6.85. The van der Waals surface area contributed by atoms with E-state index in [9.17, 15) is 0 Å². The number of benzene rings is 2. The van der Waals surface area contributed by atoms with Crippen molar-refractivity contribution in [2.24, 2.45) is 5.73 Å². The van der Waals surface area contributed by atoms with Gasteiger partial charge in [-0.25, -0.2) is 0 Å². The molecule has 2 N–H and O–H groups in total. The maximum atomic E-state index is 6.33.